The largest absolute Gasteiger partial charge is 0.490 e. The molecule has 2 heterocycles. The van der Waals surface area contributed by atoms with E-state index in [9.17, 15) is 10.0 Å². The van der Waals surface area contributed by atoms with E-state index in [0.717, 1.165) is 49.9 Å². The molecule has 0 radical (unpaired) electrons. The monoisotopic (exact) mass is 543 g/mol. The van der Waals surface area contributed by atoms with E-state index >= 15 is 0 Å². The van der Waals surface area contributed by atoms with E-state index in [0.29, 0.717) is 11.2 Å². The van der Waals surface area contributed by atoms with Gasteiger partial charge in [0.2, 0.25) is 0 Å². The molecule has 42 heavy (non-hydrogen) atoms. The molecule has 2 aromatic heterocycles. The zero-order chi connectivity index (χ0) is 28.2. The standard InChI is InChI=1S/C36H26BN3O2/c41-37(42)31-23-26(40-35-15-7-3-11-29(35)30-12-4-8-16-36(30)40)21-22-32(31)38-24-17-19-25(20-18-24)39-33-13-5-1-9-27(33)28-10-2-6-14-34(28)39/h1-23,38,41-42H. The van der Waals surface area contributed by atoms with Crippen molar-refractivity contribution in [2.75, 3.05) is 5.32 Å². The molecule has 0 aliphatic heterocycles. The number of fused-ring (bicyclic) bond motifs is 6. The highest BCUT2D eigenvalue weighted by molar-refractivity contribution is 6.60. The summed E-state index contributed by atoms with van der Waals surface area (Å²) < 4.78 is 4.44. The number of rotatable bonds is 5. The van der Waals surface area contributed by atoms with Crippen LogP contribution in [0.3, 0.4) is 0 Å². The van der Waals surface area contributed by atoms with E-state index in [-0.39, 0.29) is 0 Å². The maximum atomic E-state index is 10.4. The van der Waals surface area contributed by atoms with Gasteiger partial charge < -0.3 is 24.5 Å². The fourth-order valence-corrected chi connectivity index (χ4v) is 6.27. The van der Waals surface area contributed by atoms with E-state index in [1.54, 1.807) is 0 Å². The van der Waals surface area contributed by atoms with Gasteiger partial charge in [0.05, 0.1) is 22.1 Å². The third-order valence-electron chi connectivity index (χ3n) is 8.14. The van der Waals surface area contributed by atoms with Gasteiger partial charge in [-0.2, -0.15) is 0 Å². The fraction of sp³-hybridized carbons (Fsp3) is 0. The smallest absolute Gasteiger partial charge is 0.423 e. The van der Waals surface area contributed by atoms with Crippen molar-refractivity contribution in [3.63, 3.8) is 0 Å². The van der Waals surface area contributed by atoms with Crippen molar-refractivity contribution in [1.29, 1.82) is 0 Å². The van der Waals surface area contributed by atoms with Gasteiger partial charge in [-0.05, 0) is 66.7 Å². The Morgan fingerprint density at radius 3 is 1.31 bits per heavy atom. The zero-order valence-corrected chi connectivity index (χ0v) is 22.6. The van der Waals surface area contributed by atoms with Gasteiger partial charge in [-0.1, -0.05) is 72.8 Å². The SMILES string of the molecule is OB(O)c1cc(-n2c3ccccc3c3ccccc32)ccc1Nc1ccc(-n2c3ccccc3c3ccccc32)cc1. The van der Waals surface area contributed by atoms with Crippen molar-refractivity contribution < 1.29 is 10.0 Å². The molecular weight excluding hydrogens is 517 g/mol. The van der Waals surface area contributed by atoms with Gasteiger partial charge in [0.15, 0.2) is 0 Å². The topological polar surface area (TPSA) is 62.4 Å². The number of aromatic nitrogens is 2. The van der Waals surface area contributed by atoms with Crippen molar-refractivity contribution in [3.05, 3.63) is 140 Å². The lowest BCUT2D eigenvalue weighted by molar-refractivity contribution is 0.426. The van der Waals surface area contributed by atoms with Crippen LogP contribution in [0, 0.1) is 0 Å². The van der Waals surface area contributed by atoms with Crippen LogP contribution in [-0.2, 0) is 0 Å². The lowest BCUT2D eigenvalue weighted by atomic mass is 9.78. The van der Waals surface area contributed by atoms with Crippen molar-refractivity contribution in [1.82, 2.24) is 9.13 Å². The van der Waals surface area contributed by atoms with Gasteiger partial charge in [-0.3, -0.25) is 0 Å². The third kappa shape index (κ3) is 3.81. The summed E-state index contributed by atoms with van der Waals surface area (Å²) in [5.74, 6) is 0. The first-order chi connectivity index (χ1) is 20.7. The molecule has 5 nitrogen and oxygen atoms in total. The number of nitrogens with zero attached hydrogens (tertiary/aromatic N) is 2. The van der Waals surface area contributed by atoms with Gasteiger partial charge in [0.1, 0.15) is 0 Å². The first-order valence-corrected chi connectivity index (χ1v) is 14.0. The predicted octanol–water partition coefficient (Wildman–Crippen LogP) is 7.30. The minimum Gasteiger partial charge on any atom is -0.423 e. The van der Waals surface area contributed by atoms with E-state index in [2.05, 4.69) is 99.4 Å². The van der Waals surface area contributed by atoms with Gasteiger partial charge in [0, 0.05) is 49.8 Å². The number of hydrogen-bond donors (Lipinski definition) is 3. The highest BCUT2D eigenvalue weighted by Gasteiger charge is 2.20. The number of hydrogen-bond acceptors (Lipinski definition) is 3. The molecule has 8 rings (SSSR count). The van der Waals surface area contributed by atoms with Gasteiger partial charge in [0.25, 0.3) is 0 Å². The summed E-state index contributed by atoms with van der Waals surface area (Å²) in [4.78, 5) is 0. The molecule has 0 saturated heterocycles. The van der Waals surface area contributed by atoms with Gasteiger partial charge in [-0.15, -0.1) is 0 Å². The molecule has 0 amide bonds. The molecule has 0 saturated carbocycles. The second kappa shape index (κ2) is 9.66. The number of benzene rings is 6. The van der Waals surface area contributed by atoms with Crippen LogP contribution in [0.15, 0.2) is 140 Å². The van der Waals surface area contributed by atoms with Crippen LogP contribution in [0.2, 0.25) is 0 Å². The molecule has 0 aliphatic carbocycles. The lowest BCUT2D eigenvalue weighted by Gasteiger charge is -2.16. The molecule has 0 spiro atoms. The molecule has 3 N–H and O–H groups in total. The van der Waals surface area contributed by atoms with E-state index < -0.39 is 7.12 Å². The van der Waals surface area contributed by atoms with Gasteiger partial charge >= 0.3 is 7.12 Å². The Labute approximate surface area is 242 Å². The quantitative estimate of drug-likeness (QED) is 0.200. The van der Waals surface area contributed by atoms with Crippen LogP contribution in [0.4, 0.5) is 11.4 Å². The summed E-state index contributed by atoms with van der Waals surface area (Å²) in [6.45, 7) is 0. The fourth-order valence-electron chi connectivity index (χ4n) is 6.27. The maximum absolute atomic E-state index is 10.4. The molecule has 6 heteroatoms. The van der Waals surface area contributed by atoms with E-state index in [4.69, 9.17) is 0 Å². The molecule has 0 fully saturated rings. The zero-order valence-electron chi connectivity index (χ0n) is 22.6. The minimum absolute atomic E-state index is 0.404. The Bertz CT molecular complexity index is 2160. The summed E-state index contributed by atoms with van der Waals surface area (Å²) in [5, 5.41) is 29.0. The molecule has 0 unspecified atom stereocenters. The molecule has 0 bridgehead atoms. The first-order valence-electron chi connectivity index (χ1n) is 14.0. The molecule has 200 valence electrons. The summed E-state index contributed by atoms with van der Waals surface area (Å²) in [6.07, 6.45) is 0. The number of para-hydroxylation sites is 4. The summed E-state index contributed by atoms with van der Waals surface area (Å²) in [7, 11) is -1.64. The summed E-state index contributed by atoms with van der Waals surface area (Å²) in [6, 6.07) is 47.5. The molecule has 0 atom stereocenters. The molecule has 0 aliphatic rings. The highest BCUT2D eigenvalue weighted by Crippen LogP contribution is 2.34. The van der Waals surface area contributed by atoms with Crippen LogP contribution >= 0.6 is 0 Å². The Kier molecular flexibility index (Phi) is 5.64. The normalized spacial score (nSPS) is 11.6. The second-order valence-corrected chi connectivity index (χ2v) is 10.6. The first kappa shape index (κ1) is 24.5. The van der Waals surface area contributed by atoms with E-state index in [1.165, 1.54) is 10.8 Å². The third-order valence-corrected chi connectivity index (χ3v) is 8.14. The Balaban J connectivity index is 1.18. The van der Waals surface area contributed by atoms with Crippen molar-refractivity contribution in [2.45, 2.75) is 0 Å². The molecule has 8 aromatic rings. The summed E-state index contributed by atoms with van der Waals surface area (Å²) in [5.41, 5.74) is 8.27. The van der Waals surface area contributed by atoms with Crippen LogP contribution in [0.1, 0.15) is 0 Å². The Morgan fingerprint density at radius 1 is 0.452 bits per heavy atom. The van der Waals surface area contributed by atoms with Crippen LogP contribution in [-0.4, -0.2) is 26.3 Å². The average molecular weight is 543 g/mol. The molecule has 6 aromatic carbocycles. The number of anilines is 2. The van der Waals surface area contributed by atoms with Gasteiger partial charge in [-0.25, -0.2) is 0 Å². The second-order valence-electron chi connectivity index (χ2n) is 10.6. The van der Waals surface area contributed by atoms with Crippen molar-refractivity contribution in [3.8, 4) is 11.4 Å². The van der Waals surface area contributed by atoms with Crippen LogP contribution in [0.25, 0.3) is 55.0 Å². The van der Waals surface area contributed by atoms with Crippen molar-refractivity contribution in [2.24, 2.45) is 0 Å². The Morgan fingerprint density at radius 2 is 0.857 bits per heavy atom. The lowest BCUT2D eigenvalue weighted by Crippen LogP contribution is -2.32. The maximum Gasteiger partial charge on any atom is 0.490 e. The molecular formula is C36H26BN3O2. The average Bonchev–Trinajstić information content (AvgIpc) is 3.55. The van der Waals surface area contributed by atoms with Crippen molar-refractivity contribution >= 4 is 67.6 Å². The predicted molar refractivity (Wildman–Crippen MR) is 175 cm³/mol. The minimum atomic E-state index is -1.64. The highest BCUT2D eigenvalue weighted by atomic mass is 16.4. The Hall–Kier alpha value is -5.30. The van der Waals surface area contributed by atoms with Crippen LogP contribution in [0.5, 0.6) is 0 Å². The van der Waals surface area contributed by atoms with Crippen LogP contribution < -0.4 is 10.8 Å². The number of nitrogens with one attached hydrogen (secondary N) is 1. The van der Waals surface area contributed by atoms with E-state index in [1.807, 2.05) is 54.6 Å². The summed E-state index contributed by atoms with van der Waals surface area (Å²) >= 11 is 0.